The number of hydrogen-bond donors (Lipinski definition) is 1. The summed E-state index contributed by atoms with van der Waals surface area (Å²) in [7, 11) is 1.99. The molecule has 0 radical (unpaired) electrons. The fourth-order valence-electron chi connectivity index (χ4n) is 1.98. The van der Waals surface area contributed by atoms with E-state index >= 15 is 0 Å². The molecule has 0 aliphatic carbocycles. The molecule has 17 heavy (non-hydrogen) atoms. The van der Waals surface area contributed by atoms with E-state index in [-0.39, 0.29) is 0 Å². The number of rotatable bonds is 5. The Labute approximate surface area is 103 Å². The zero-order valence-electron chi connectivity index (χ0n) is 10.1. The molecule has 1 heterocycles. The van der Waals surface area contributed by atoms with Crippen LogP contribution in [0.25, 0.3) is 0 Å². The summed E-state index contributed by atoms with van der Waals surface area (Å²) in [5.74, 6) is 0. The molecule has 1 unspecified atom stereocenters. The fourth-order valence-corrected chi connectivity index (χ4v) is 1.98. The van der Waals surface area contributed by atoms with E-state index in [9.17, 15) is 0 Å². The first kappa shape index (κ1) is 11.8. The molecule has 0 aliphatic rings. The van der Waals surface area contributed by atoms with Gasteiger partial charge in [-0.3, -0.25) is 4.98 Å². The van der Waals surface area contributed by atoms with Gasteiger partial charge < -0.3 is 5.32 Å². The lowest BCUT2D eigenvalue weighted by Crippen LogP contribution is -2.18. The van der Waals surface area contributed by atoms with Gasteiger partial charge in [0, 0.05) is 12.2 Å². The number of pyridine rings is 1. The van der Waals surface area contributed by atoms with Crippen LogP contribution in [0.2, 0.25) is 0 Å². The van der Waals surface area contributed by atoms with Gasteiger partial charge in [-0.05, 0) is 37.6 Å². The highest BCUT2D eigenvalue weighted by Gasteiger charge is 2.09. The number of nitrogens with one attached hydrogen (secondary N) is 1. The zero-order chi connectivity index (χ0) is 11.9. The Morgan fingerprint density at radius 3 is 2.47 bits per heavy atom. The lowest BCUT2D eigenvalue weighted by atomic mass is 10.0. The van der Waals surface area contributed by atoms with Gasteiger partial charge in [0.15, 0.2) is 0 Å². The van der Waals surface area contributed by atoms with Crippen LogP contribution >= 0.6 is 0 Å². The second-order valence-electron chi connectivity index (χ2n) is 4.12. The van der Waals surface area contributed by atoms with Crippen molar-refractivity contribution < 1.29 is 0 Å². The molecule has 1 atom stereocenters. The van der Waals surface area contributed by atoms with Crippen molar-refractivity contribution in [3.8, 4) is 0 Å². The van der Waals surface area contributed by atoms with Crippen LogP contribution in [0, 0.1) is 0 Å². The first-order chi connectivity index (χ1) is 8.40. The summed E-state index contributed by atoms with van der Waals surface area (Å²) >= 11 is 0. The van der Waals surface area contributed by atoms with Crippen LogP contribution in [-0.4, -0.2) is 12.0 Å². The SMILES string of the molecule is CNC(CCc1ccccc1)c1ccccn1. The van der Waals surface area contributed by atoms with Crippen LogP contribution in [0.3, 0.4) is 0 Å². The van der Waals surface area contributed by atoms with Crippen LogP contribution in [0.4, 0.5) is 0 Å². The monoisotopic (exact) mass is 226 g/mol. The molecule has 0 spiro atoms. The Bertz CT molecular complexity index is 425. The number of hydrogen-bond acceptors (Lipinski definition) is 2. The maximum Gasteiger partial charge on any atom is 0.0573 e. The summed E-state index contributed by atoms with van der Waals surface area (Å²) in [6, 6.07) is 17.0. The highest BCUT2D eigenvalue weighted by molar-refractivity contribution is 5.16. The standard InChI is InChI=1S/C15H18N2/c1-16-14(15-9-5-6-12-17-15)11-10-13-7-3-2-4-8-13/h2-9,12,14,16H,10-11H2,1H3. The van der Waals surface area contributed by atoms with Crippen molar-refractivity contribution in [1.82, 2.24) is 10.3 Å². The van der Waals surface area contributed by atoms with Gasteiger partial charge in [-0.2, -0.15) is 0 Å². The van der Waals surface area contributed by atoms with Gasteiger partial charge in [-0.1, -0.05) is 36.4 Å². The minimum atomic E-state index is 0.330. The van der Waals surface area contributed by atoms with E-state index in [0.29, 0.717) is 6.04 Å². The Morgan fingerprint density at radius 2 is 1.82 bits per heavy atom. The summed E-state index contributed by atoms with van der Waals surface area (Å²) in [6.45, 7) is 0. The molecule has 0 aliphatic heterocycles. The third kappa shape index (κ3) is 3.40. The molecular weight excluding hydrogens is 208 g/mol. The summed E-state index contributed by atoms with van der Waals surface area (Å²) in [5, 5.41) is 3.33. The van der Waals surface area contributed by atoms with Gasteiger partial charge in [-0.15, -0.1) is 0 Å². The summed E-state index contributed by atoms with van der Waals surface area (Å²) in [4.78, 5) is 4.40. The van der Waals surface area contributed by atoms with Gasteiger partial charge in [0.25, 0.3) is 0 Å². The maximum absolute atomic E-state index is 4.40. The van der Waals surface area contributed by atoms with E-state index in [4.69, 9.17) is 0 Å². The molecule has 0 saturated carbocycles. The first-order valence-corrected chi connectivity index (χ1v) is 6.02. The first-order valence-electron chi connectivity index (χ1n) is 6.02. The molecule has 0 amide bonds. The lowest BCUT2D eigenvalue weighted by molar-refractivity contribution is 0.536. The topological polar surface area (TPSA) is 24.9 Å². The van der Waals surface area contributed by atoms with Crippen LogP contribution < -0.4 is 5.32 Å². The smallest absolute Gasteiger partial charge is 0.0573 e. The van der Waals surface area contributed by atoms with Crippen LogP contribution in [-0.2, 0) is 6.42 Å². The molecule has 2 aromatic rings. The van der Waals surface area contributed by atoms with Crippen molar-refractivity contribution in [3.63, 3.8) is 0 Å². The summed E-state index contributed by atoms with van der Waals surface area (Å²) in [5.41, 5.74) is 2.50. The zero-order valence-corrected chi connectivity index (χ0v) is 10.1. The average molecular weight is 226 g/mol. The fraction of sp³-hybridized carbons (Fsp3) is 0.267. The van der Waals surface area contributed by atoms with E-state index in [1.807, 2.05) is 25.4 Å². The Morgan fingerprint density at radius 1 is 1.06 bits per heavy atom. The summed E-state index contributed by atoms with van der Waals surface area (Å²) < 4.78 is 0. The van der Waals surface area contributed by atoms with Crippen molar-refractivity contribution in [3.05, 3.63) is 66.0 Å². The summed E-state index contributed by atoms with van der Waals surface area (Å²) in [6.07, 6.45) is 3.99. The minimum absolute atomic E-state index is 0.330. The third-order valence-electron chi connectivity index (χ3n) is 2.96. The average Bonchev–Trinajstić information content (AvgIpc) is 2.42. The third-order valence-corrected chi connectivity index (χ3v) is 2.96. The van der Waals surface area contributed by atoms with Crippen molar-refractivity contribution in [2.75, 3.05) is 7.05 Å². The number of aromatic nitrogens is 1. The van der Waals surface area contributed by atoms with Gasteiger partial charge in [-0.25, -0.2) is 0 Å². The predicted octanol–water partition coefficient (Wildman–Crippen LogP) is 2.97. The number of benzene rings is 1. The highest BCUT2D eigenvalue weighted by Crippen LogP contribution is 2.16. The molecule has 88 valence electrons. The van der Waals surface area contributed by atoms with Crippen LogP contribution in [0.15, 0.2) is 54.7 Å². The molecule has 1 aromatic heterocycles. The lowest BCUT2D eigenvalue weighted by Gasteiger charge is -2.15. The highest BCUT2D eigenvalue weighted by atomic mass is 14.9. The molecule has 2 nitrogen and oxygen atoms in total. The predicted molar refractivity (Wildman–Crippen MR) is 70.8 cm³/mol. The van der Waals surface area contributed by atoms with Gasteiger partial charge in [0.1, 0.15) is 0 Å². The van der Waals surface area contributed by atoms with Gasteiger partial charge in [0.2, 0.25) is 0 Å². The van der Waals surface area contributed by atoms with E-state index in [2.05, 4.69) is 46.7 Å². The molecule has 0 fully saturated rings. The van der Waals surface area contributed by atoms with Gasteiger partial charge in [0.05, 0.1) is 5.69 Å². The maximum atomic E-state index is 4.40. The number of aryl methyl sites for hydroxylation is 1. The Kier molecular flexibility index (Phi) is 4.28. The van der Waals surface area contributed by atoms with E-state index in [0.717, 1.165) is 18.5 Å². The number of nitrogens with zero attached hydrogens (tertiary/aromatic N) is 1. The van der Waals surface area contributed by atoms with Crippen LogP contribution in [0.1, 0.15) is 23.7 Å². The second-order valence-corrected chi connectivity index (χ2v) is 4.12. The molecule has 0 bridgehead atoms. The Hall–Kier alpha value is -1.67. The Balaban J connectivity index is 1.97. The van der Waals surface area contributed by atoms with Crippen molar-refractivity contribution >= 4 is 0 Å². The van der Waals surface area contributed by atoms with Crippen LogP contribution in [0.5, 0.6) is 0 Å². The molecule has 0 saturated heterocycles. The van der Waals surface area contributed by atoms with E-state index < -0.39 is 0 Å². The quantitative estimate of drug-likeness (QED) is 0.847. The molecule has 1 N–H and O–H groups in total. The molecular formula is C15H18N2. The van der Waals surface area contributed by atoms with Crippen molar-refractivity contribution in [2.24, 2.45) is 0 Å². The van der Waals surface area contributed by atoms with Crippen molar-refractivity contribution in [1.29, 1.82) is 0 Å². The van der Waals surface area contributed by atoms with E-state index in [1.165, 1.54) is 5.56 Å². The van der Waals surface area contributed by atoms with Crippen molar-refractivity contribution in [2.45, 2.75) is 18.9 Å². The van der Waals surface area contributed by atoms with E-state index in [1.54, 1.807) is 0 Å². The van der Waals surface area contributed by atoms with Gasteiger partial charge >= 0.3 is 0 Å². The normalized spacial score (nSPS) is 12.3. The molecule has 1 aromatic carbocycles. The molecule has 2 rings (SSSR count). The minimum Gasteiger partial charge on any atom is -0.312 e. The largest absolute Gasteiger partial charge is 0.312 e. The second kappa shape index (κ2) is 6.16. The molecule has 2 heteroatoms.